The van der Waals surface area contributed by atoms with Gasteiger partial charge in [-0.2, -0.15) is 5.26 Å². The predicted molar refractivity (Wildman–Crippen MR) is 140 cm³/mol. The van der Waals surface area contributed by atoms with Gasteiger partial charge in [-0.1, -0.05) is 12.1 Å². The molecule has 1 atom stereocenters. The number of halogens is 2. The van der Waals surface area contributed by atoms with E-state index >= 15 is 0 Å². The number of benzene rings is 2. The Kier molecular flexibility index (Phi) is 8.32. The lowest BCUT2D eigenvalue weighted by Crippen LogP contribution is -2.43. The van der Waals surface area contributed by atoms with E-state index in [1.54, 1.807) is 38.1 Å². The van der Waals surface area contributed by atoms with Gasteiger partial charge in [0.05, 0.1) is 17.7 Å². The van der Waals surface area contributed by atoms with E-state index in [0.717, 1.165) is 25.9 Å². The normalized spacial score (nSPS) is 18.8. The third kappa shape index (κ3) is 6.48. The number of likely N-dealkylation sites (tertiary alicyclic amines) is 2. The number of nitrogens with zero attached hydrogens (tertiary/aromatic N) is 3. The van der Waals surface area contributed by atoms with Crippen LogP contribution in [0, 0.1) is 23.1 Å². The zero-order valence-electron chi connectivity index (χ0n) is 21.9. The molecule has 0 aliphatic carbocycles. The Balaban J connectivity index is 1.40. The van der Waals surface area contributed by atoms with Gasteiger partial charge in [0, 0.05) is 13.1 Å². The van der Waals surface area contributed by atoms with Crippen molar-refractivity contribution < 1.29 is 23.1 Å². The molecule has 0 spiro atoms. The van der Waals surface area contributed by atoms with Gasteiger partial charge in [0.15, 0.2) is 0 Å². The number of amides is 2. The summed E-state index contributed by atoms with van der Waals surface area (Å²) in [5.41, 5.74) is 5.52. The Bertz CT molecular complexity index is 1230. The Morgan fingerprint density at radius 2 is 1.79 bits per heavy atom. The van der Waals surface area contributed by atoms with Gasteiger partial charge in [0.25, 0.3) is 5.91 Å². The number of alkyl halides is 1. The maximum Gasteiger partial charge on any atom is 0.257 e. The van der Waals surface area contributed by atoms with Gasteiger partial charge in [0.2, 0.25) is 5.91 Å². The Morgan fingerprint density at radius 1 is 1.11 bits per heavy atom. The second-order valence-corrected chi connectivity index (χ2v) is 10.8. The zero-order valence-corrected chi connectivity index (χ0v) is 21.9. The average Bonchev–Trinajstić information content (AvgIpc) is 3.37. The number of hydrogen-bond donors (Lipinski definition) is 1. The van der Waals surface area contributed by atoms with Crippen LogP contribution < -0.4 is 10.5 Å². The lowest BCUT2D eigenvalue weighted by atomic mass is 9.96. The molecule has 0 unspecified atom stereocenters. The molecule has 2 aromatic rings. The summed E-state index contributed by atoms with van der Waals surface area (Å²) in [5, 5.41) is 9.70. The third-order valence-electron chi connectivity index (χ3n) is 7.26. The van der Waals surface area contributed by atoms with Crippen LogP contribution in [-0.2, 0) is 4.79 Å². The topological polar surface area (TPSA) is 99.7 Å². The summed E-state index contributed by atoms with van der Waals surface area (Å²) in [6.07, 6.45) is 2.92. The van der Waals surface area contributed by atoms with E-state index in [-0.39, 0.29) is 5.56 Å². The van der Waals surface area contributed by atoms with Crippen LogP contribution in [0.15, 0.2) is 36.4 Å². The molecule has 7 nitrogen and oxygen atoms in total. The van der Waals surface area contributed by atoms with E-state index in [1.165, 1.54) is 17.0 Å². The summed E-state index contributed by atoms with van der Waals surface area (Å²) in [5.74, 6) is -1.07. The molecule has 2 N–H and O–H groups in total. The van der Waals surface area contributed by atoms with E-state index < -0.39 is 29.3 Å². The standard InChI is InChI=1S/C29H34F2N4O3/c1-29(2,31)18-34-12-9-19(10-13-34)17-38-26-8-6-20(14-22(26)16-32)21-5-7-23(24(30)15-21)28(37)35-11-3-4-25(35)27(33)36/h5-8,14-15,19,25H,3-4,9-13,17-18H2,1-2H3,(H2,33,36)/t25-/m0/s1. The Labute approximate surface area is 222 Å². The van der Waals surface area contributed by atoms with E-state index in [0.29, 0.717) is 60.9 Å². The molecule has 2 aliphatic heterocycles. The highest BCUT2D eigenvalue weighted by Gasteiger charge is 2.34. The van der Waals surface area contributed by atoms with Crippen molar-refractivity contribution in [3.05, 3.63) is 53.3 Å². The largest absolute Gasteiger partial charge is 0.492 e. The summed E-state index contributed by atoms with van der Waals surface area (Å²) in [6, 6.07) is 10.8. The Morgan fingerprint density at radius 3 is 2.42 bits per heavy atom. The molecule has 2 aliphatic rings. The summed E-state index contributed by atoms with van der Waals surface area (Å²) < 4.78 is 34.9. The quantitative estimate of drug-likeness (QED) is 0.555. The second kappa shape index (κ2) is 11.5. The van der Waals surface area contributed by atoms with Gasteiger partial charge >= 0.3 is 0 Å². The number of ether oxygens (including phenoxy) is 1. The number of nitrogens with two attached hydrogens (primary N) is 1. The number of rotatable bonds is 8. The molecule has 2 amide bonds. The van der Waals surface area contributed by atoms with Crippen molar-refractivity contribution in [3.8, 4) is 22.9 Å². The van der Waals surface area contributed by atoms with Gasteiger partial charge in [-0.05, 0) is 93.9 Å². The van der Waals surface area contributed by atoms with Crippen molar-refractivity contribution in [2.75, 3.05) is 32.8 Å². The van der Waals surface area contributed by atoms with Crippen LogP contribution in [0.2, 0.25) is 0 Å². The van der Waals surface area contributed by atoms with E-state index in [4.69, 9.17) is 10.5 Å². The molecule has 202 valence electrons. The number of nitriles is 1. The third-order valence-corrected chi connectivity index (χ3v) is 7.26. The van der Waals surface area contributed by atoms with Crippen LogP contribution in [0.25, 0.3) is 11.1 Å². The molecule has 2 fully saturated rings. The van der Waals surface area contributed by atoms with Crippen molar-refractivity contribution in [1.82, 2.24) is 9.80 Å². The van der Waals surface area contributed by atoms with E-state index in [9.17, 15) is 23.6 Å². The second-order valence-electron chi connectivity index (χ2n) is 10.8. The maximum absolute atomic E-state index is 15.0. The molecule has 2 saturated heterocycles. The minimum absolute atomic E-state index is 0.122. The van der Waals surface area contributed by atoms with Crippen LogP contribution in [0.5, 0.6) is 5.75 Å². The van der Waals surface area contributed by atoms with Crippen LogP contribution in [0.3, 0.4) is 0 Å². The first kappa shape index (κ1) is 27.5. The number of piperidine rings is 1. The Hall–Kier alpha value is -3.51. The SMILES string of the molecule is CC(C)(F)CN1CCC(COc2ccc(-c3ccc(C(=O)N4CCC[C@H]4C(N)=O)c(F)c3)cc2C#N)CC1. The zero-order chi connectivity index (χ0) is 27.4. The van der Waals surface area contributed by atoms with Crippen LogP contribution in [0.1, 0.15) is 55.5 Å². The summed E-state index contributed by atoms with van der Waals surface area (Å²) >= 11 is 0. The number of hydrogen-bond acceptors (Lipinski definition) is 5. The molecule has 0 bridgehead atoms. The lowest BCUT2D eigenvalue weighted by molar-refractivity contribution is -0.121. The van der Waals surface area contributed by atoms with Gasteiger partial charge in [-0.15, -0.1) is 0 Å². The summed E-state index contributed by atoms with van der Waals surface area (Å²) in [7, 11) is 0. The van der Waals surface area contributed by atoms with Gasteiger partial charge in [-0.25, -0.2) is 8.78 Å². The fraction of sp³-hybridized carbons (Fsp3) is 0.483. The molecular formula is C29H34F2N4O3. The molecule has 0 saturated carbocycles. The first-order chi connectivity index (χ1) is 18.1. The van der Waals surface area contributed by atoms with Gasteiger partial charge in [-0.3, -0.25) is 9.59 Å². The molecule has 4 rings (SSSR count). The van der Waals surface area contributed by atoms with Crippen molar-refractivity contribution >= 4 is 11.8 Å². The number of primary amides is 1. The molecular weight excluding hydrogens is 490 g/mol. The van der Waals surface area contributed by atoms with Crippen molar-refractivity contribution in [2.24, 2.45) is 11.7 Å². The van der Waals surface area contributed by atoms with Gasteiger partial charge in [0.1, 0.15) is 29.3 Å². The first-order valence-electron chi connectivity index (χ1n) is 13.0. The molecule has 2 aromatic carbocycles. The van der Waals surface area contributed by atoms with Gasteiger partial charge < -0.3 is 20.3 Å². The molecule has 9 heteroatoms. The molecule has 0 aromatic heterocycles. The first-order valence-corrected chi connectivity index (χ1v) is 13.0. The van der Waals surface area contributed by atoms with E-state index in [1.807, 2.05) is 0 Å². The van der Waals surface area contributed by atoms with Crippen molar-refractivity contribution in [3.63, 3.8) is 0 Å². The molecule has 38 heavy (non-hydrogen) atoms. The summed E-state index contributed by atoms with van der Waals surface area (Å²) in [6.45, 7) is 6.06. The molecule has 2 heterocycles. The maximum atomic E-state index is 15.0. The smallest absolute Gasteiger partial charge is 0.257 e. The molecule has 0 radical (unpaired) electrons. The fourth-order valence-electron chi connectivity index (χ4n) is 5.30. The minimum Gasteiger partial charge on any atom is -0.492 e. The highest BCUT2D eigenvalue weighted by molar-refractivity contribution is 5.98. The van der Waals surface area contributed by atoms with Crippen molar-refractivity contribution in [1.29, 1.82) is 5.26 Å². The lowest BCUT2D eigenvalue weighted by Gasteiger charge is -2.34. The number of carbonyl (C=O) groups is 2. The van der Waals surface area contributed by atoms with Crippen LogP contribution in [0.4, 0.5) is 8.78 Å². The van der Waals surface area contributed by atoms with Crippen LogP contribution in [-0.4, -0.2) is 66.1 Å². The van der Waals surface area contributed by atoms with Crippen molar-refractivity contribution in [2.45, 2.75) is 51.2 Å². The average molecular weight is 525 g/mol. The number of carbonyl (C=O) groups excluding carboxylic acids is 2. The minimum atomic E-state index is -1.21. The van der Waals surface area contributed by atoms with E-state index in [2.05, 4.69) is 11.0 Å². The summed E-state index contributed by atoms with van der Waals surface area (Å²) in [4.78, 5) is 27.9. The fourth-order valence-corrected chi connectivity index (χ4v) is 5.30. The highest BCUT2D eigenvalue weighted by atomic mass is 19.1. The van der Waals surface area contributed by atoms with Crippen LogP contribution >= 0.6 is 0 Å². The monoisotopic (exact) mass is 524 g/mol. The highest BCUT2D eigenvalue weighted by Crippen LogP contribution is 2.30. The predicted octanol–water partition coefficient (Wildman–Crippen LogP) is 4.29.